The highest BCUT2D eigenvalue weighted by atomic mass is 35.5. The van der Waals surface area contributed by atoms with Crippen molar-refractivity contribution in [3.05, 3.63) is 28.8 Å². The third kappa shape index (κ3) is 3.92. The normalized spacial score (nSPS) is 11.8. The van der Waals surface area contributed by atoms with Crippen molar-refractivity contribution in [2.24, 2.45) is 0 Å². The molecule has 1 aromatic rings. The minimum absolute atomic E-state index is 0.0119. The number of benzene rings is 1. The first kappa shape index (κ1) is 15.9. The first-order chi connectivity index (χ1) is 8.78. The van der Waals surface area contributed by atoms with Crippen molar-refractivity contribution in [3.63, 3.8) is 0 Å². The molecule has 19 heavy (non-hydrogen) atoms. The molecule has 0 fully saturated rings. The summed E-state index contributed by atoms with van der Waals surface area (Å²) in [7, 11) is -3.83. The summed E-state index contributed by atoms with van der Waals surface area (Å²) in [4.78, 5) is 10.8. The fraction of sp³-hybridized carbons (Fsp3) is 0.417. The highest BCUT2D eigenvalue weighted by Gasteiger charge is 2.26. The van der Waals surface area contributed by atoms with Gasteiger partial charge in [-0.25, -0.2) is 8.42 Å². The summed E-state index contributed by atoms with van der Waals surface area (Å²) in [6, 6.07) is 4.37. The van der Waals surface area contributed by atoms with Crippen LogP contribution in [0.5, 0.6) is 0 Å². The monoisotopic (exact) mass is 305 g/mol. The minimum Gasteiger partial charge on any atom is -0.480 e. The molecule has 0 saturated heterocycles. The van der Waals surface area contributed by atoms with Gasteiger partial charge in [0.15, 0.2) is 0 Å². The van der Waals surface area contributed by atoms with Crippen LogP contribution >= 0.6 is 11.6 Å². The van der Waals surface area contributed by atoms with Crippen LogP contribution in [0.1, 0.15) is 18.9 Å². The number of carbonyl (C=O) groups is 1. The molecule has 0 bridgehead atoms. The third-order valence-electron chi connectivity index (χ3n) is 2.57. The molecule has 1 rings (SSSR count). The van der Waals surface area contributed by atoms with E-state index in [-0.39, 0.29) is 11.4 Å². The number of hydrogen-bond acceptors (Lipinski definition) is 3. The standard InChI is InChI=1S/C12H16ClNO4S/c1-3-6-14(8-12(15)16)19(17,18)10-5-4-9(2)11(13)7-10/h4-5,7H,3,6,8H2,1-2H3,(H,15,16). The Kier molecular flexibility index (Phi) is 5.34. The van der Waals surface area contributed by atoms with Crippen molar-refractivity contribution >= 4 is 27.6 Å². The lowest BCUT2D eigenvalue weighted by atomic mass is 10.2. The smallest absolute Gasteiger partial charge is 0.318 e. The molecule has 0 aliphatic rings. The van der Waals surface area contributed by atoms with E-state index >= 15 is 0 Å². The average Bonchev–Trinajstić information content (AvgIpc) is 2.31. The maximum Gasteiger partial charge on any atom is 0.318 e. The summed E-state index contributed by atoms with van der Waals surface area (Å²) in [5, 5.41) is 9.13. The lowest BCUT2D eigenvalue weighted by molar-refractivity contribution is -0.137. The zero-order valence-corrected chi connectivity index (χ0v) is 12.3. The number of carboxylic acids is 1. The van der Waals surface area contributed by atoms with Crippen molar-refractivity contribution in [2.45, 2.75) is 25.2 Å². The lowest BCUT2D eigenvalue weighted by Crippen LogP contribution is -2.36. The summed E-state index contributed by atoms with van der Waals surface area (Å²) < 4.78 is 25.6. The topological polar surface area (TPSA) is 74.7 Å². The molecule has 0 amide bonds. The van der Waals surface area contributed by atoms with Gasteiger partial charge in [0.05, 0.1) is 4.90 Å². The number of sulfonamides is 1. The van der Waals surface area contributed by atoms with Gasteiger partial charge >= 0.3 is 5.97 Å². The Labute approximate surface area is 117 Å². The van der Waals surface area contributed by atoms with E-state index < -0.39 is 22.5 Å². The molecule has 0 spiro atoms. The molecule has 0 aliphatic carbocycles. The number of nitrogens with zero attached hydrogens (tertiary/aromatic N) is 1. The number of aliphatic carboxylic acids is 1. The molecule has 0 saturated carbocycles. The van der Waals surface area contributed by atoms with Gasteiger partial charge in [0.2, 0.25) is 10.0 Å². The molecule has 0 radical (unpaired) electrons. The van der Waals surface area contributed by atoms with Crippen molar-refractivity contribution < 1.29 is 18.3 Å². The van der Waals surface area contributed by atoms with Crippen molar-refractivity contribution in [1.82, 2.24) is 4.31 Å². The number of hydrogen-bond donors (Lipinski definition) is 1. The van der Waals surface area contributed by atoms with Gasteiger partial charge in [0.25, 0.3) is 0 Å². The zero-order chi connectivity index (χ0) is 14.6. The SMILES string of the molecule is CCCN(CC(=O)O)S(=O)(=O)c1ccc(C)c(Cl)c1. The molecular weight excluding hydrogens is 290 g/mol. The van der Waals surface area contributed by atoms with Gasteiger partial charge in [0.1, 0.15) is 6.54 Å². The van der Waals surface area contributed by atoms with E-state index in [2.05, 4.69) is 0 Å². The highest BCUT2D eigenvalue weighted by molar-refractivity contribution is 7.89. The van der Waals surface area contributed by atoms with Crippen LogP contribution in [0.15, 0.2) is 23.1 Å². The first-order valence-corrected chi connectivity index (χ1v) is 7.59. The van der Waals surface area contributed by atoms with E-state index in [1.807, 2.05) is 0 Å². The second kappa shape index (κ2) is 6.36. The Bertz CT molecular complexity index is 571. The summed E-state index contributed by atoms with van der Waals surface area (Å²) >= 11 is 5.91. The largest absolute Gasteiger partial charge is 0.480 e. The van der Waals surface area contributed by atoms with Gasteiger partial charge in [-0.15, -0.1) is 0 Å². The Balaban J connectivity index is 3.18. The van der Waals surface area contributed by atoms with Crippen LogP contribution in [0.4, 0.5) is 0 Å². The molecule has 0 heterocycles. The van der Waals surface area contributed by atoms with Gasteiger partial charge in [0, 0.05) is 11.6 Å². The van der Waals surface area contributed by atoms with Crippen LogP contribution in [-0.4, -0.2) is 36.9 Å². The number of halogens is 1. The highest BCUT2D eigenvalue weighted by Crippen LogP contribution is 2.22. The fourth-order valence-corrected chi connectivity index (χ4v) is 3.32. The summed E-state index contributed by atoms with van der Waals surface area (Å²) in [5.74, 6) is -1.18. The predicted molar refractivity (Wildman–Crippen MR) is 72.9 cm³/mol. The van der Waals surface area contributed by atoms with Crippen LogP contribution in [0, 0.1) is 6.92 Å². The Morgan fingerprint density at radius 1 is 1.42 bits per heavy atom. The molecule has 0 atom stereocenters. The van der Waals surface area contributed by atoms with Crippen LogP contribution < -0.4 is 0 Å². The number of rotatable bonds is 6. The summed E-state index contributed by atoms with van der Waals surface area (Å²) in [5.41, 5.74) is 0.765. The quantitative estimate of drug-likeness (QED) is 0.873. The first-order valence-electron chi connectivity index (χ1n) is 5.77. The van der Waals surface area contributed by atoms with E-state index in [0.29, 0.717) is 11.4 Å². The molecule has 0 unspecified atom stereocenters. The average molecular weight is 306 g/mol. The molecule has 1 aromatic carbocycles. The molecular formula is C12H16ClNO4S. The van der Waals surface area contributed by atoms with Gasteiger partial charge in [-0.2, -0.15) is 4.31 Å². The predicted octanol–water partition coefficient (Wildman–Crippen LogP) is 2.13. The Morgan fingerprint density at radius 3 is 2.53 bits per heavy atom. The second-order valence-electron chi connectivity index (χ2n) is 4.14. The summed E-state index contributed by atoms with van der Waals surface area (Å²) in [6.45, 7) is 3.15. The Morgan fingerprint density at radius 2 is 2.05 bits per heavy atom. The number of aryl methyl sites for hydroxylation is 1. The van der Waals surface area contributed by atoms with E-state index in [1.165, 1.54) is 12.1 Å². The molecule has 0 aromatic heterocycles. The van der Waals surface area contributed by atoms with Crippen molar-refractivity contribution in [3.8, 4) is 0 Å². The van der Waals surface area contributed by atoms with Gasteiger partial charge in [-0.05, 0) is 31.0 Å². The van der Waals surface area contributed by atoms with Gasteiger partial charge in [-0.1, -0.05) is 24.6 Å². The van der Waals surface area contributed by atoms with Crippen molar-refractivity contribution in [2.75, 3.05) is 13.1 Å². The zero-order valence-electron chi connectivity index (χ0n) is 10.8. The second-order valence-corrected chi connectivity index (χ2v) is 6.49. The van der Waals surface area contributed by atoms with Crippen LogP contribution in [-0.2, 0) is 14.8 Å². The van der Waals surface area contributed by atoms with Crippen LogP contribution in [0.3, 0.4) is 0 Å². The molecule has 7 heteroatoms. The van der Waals surface area contributed by atoms with E-state index in [9.17, 15) is 13.2 Å². The minimum atomic E-state index is -3.83. The van der Waals surface area contributed by atoms with E-state index in [1.54, 1.807) is 19.9 Å². The maximum absolute atomic E-state index is 12.3. The van der Waals surface area contributed by atoms with Gasteiger partial charge in [-0.3, -0.25) is 4.79 Å². The van der Waals surface area contributed by atoms with Crippen LogP contribution in [0.2, 0.25) is 5.02 Å². The molecule has 1 N–H and O–H groups in total. The molecule has 106 valence electrons. The van der Waals surface area contributed by atoms with E-state index in [4.69, 9.17) is 16.7 Å². The summed E-state index contributed by atoms with van der Waals surface area (Å²) in [6.07, 6.45) is 0.534. The molecule has 5 nitrogen and oxygen atoms in total. The molecule has 0 aliphatic heterocycles. The maximum atomic E-state index is 12.3. The van der Waals surface area contributed by atoms with Crippen molar-refractivity contribution in [1.29, 1.82) is 0 Å². The third-order valence-corrected chi connectivity index (χ3v) is 4.81. The van der Waals surface area contributed by atoms with E-state index in [0.717, 1.165) is 9.87 Å². The van der Waals surface area contributed by atoms with Gasteiger partial charge < -0.3 is 5.11 Å². The number of carboxylic acid groups (broad SMARTS) is 1. The van der Waals surface area contributed by atoms with Crippen LogP contribution in [0.25, 0.3) is 0 Å². The Hall–Kier alpha value is -1.11. The fourth-order valence-electron chi connectivity index (χ4n) is 1.57. The lowest BCUT2D eigenvalue weighted by Gasteiger charge is -2.19.